The summed E-state index contributed by atoms with van der Waals surface area (Å²) in [5, 5.41) is 9.20. The minimum absolute atomic E-state index is 0.128. The highest BCUT2D eigenvalue weighted by Gasteiger charge is 2.09. The third-order valence-electron chi connectivity index (χ3n) is 1.79. The zero-order valence-electron chi connectivity index (χ0n) is 7.58. The minimum atomic E-state index is -0.414. The largest absolute Gasteiger partial charge is 0.349 e. The van der Waals surface area contributed by atoms with E-state index in [-0.39, 0.29) is 5.91 Å². The van der Waals surface area contributed by atoms with Gasteiger partial charge in [0.25, 0.3) is 0 Å². The predicted octanol–water partition coefficient (Wildman–Crippen LogP) is -0.237. The first kappa shape index (κ1) is 9.73. The predicted molar refractivity (Wildman–Crippen MR) is 48.7 cm³/mol. The Kier molecular flexibility index (Phi) is 3.45. The third-order valence-corrected chi connectivity index (χ3v) is 1.79. The number of rotatable bonds is 4. The van der Waals surface area contributed by atoms with Crippen LogP contribution in [-0.2, 0) is 11.3 Å². The van der Waals surface area contributed by atoms with Crippen molar-refractivity contribution in [2.45, 2.75) is 25.9 Å². The molecule has 1 rings (SSSR count). The van der Waals surface area contributed by atoms with Gasteiger partial charge in [-0.1, -0.05) is 6.92 Å². The van der Waals surface area contributed by atoms with E-state index in [0.717, 1.165) is 5.69 Å². The van der Waals surface area contributed by atoms with Gasteiger partial charge < -0.3 is 11.1 Å². The SMILES string of the molecule is CC[C@H](N)C(=O)NCc1ccn[nH]1. The van der Waals surface area contributed by atoms with Crippen LogP contribution in [0.15, 0.2) is 12.3 Å². The second kappa shape index (κ2) is 4.61. The molecule has 0 saturated carbocycles. The summed E-state index contributed by atoms with van der Waals surface area (Å²) in [5.41, 5.74) is 6.39. The second-order valence-corrected chi connectivity index (χ2v) is 2.81. The Bertz CT molecular complexity index is 257. The molecule has 0 aromatic carbocycles. The lowest BCUT2D eigenvalue weighted by Crippen LogP contribution is -2.39. The van der Waals surface area contributed by atoms with Crippen LogP contribution in [0.25, 0.3) is 0 Å². The Balaban J connectivity index is 2.31. The van der Waals surface area contributed by atoms with Crippen LogP contribution < -0.4 is 11.1 Å². The molecule has 0 spiro atoms. The minimum Gasteiger partial charge on any atom is -0.349 e. The van der Waals surface area contributed by atoms with E-state index in [1.165, 1.54) is 0 Å². The molecular weight excluding hydrogens is 168 g/mol. The summed E-state index contributed by atoms with van der Waals surface area (Å²) in [6.07, 6.45) is 2.29. The maximum atomic E-state index is 11.2. The molecule has 0 fully saturated rings. The first-order valence-electron chi connectivity index (χ1n) is 4.25. The zero-order chi connectivity index (χ0) is 9.68. The standard InChI is InChI=1S/C8H14N4O/c1-2-7(9)8(13)10-5-6-3-4-11-12-6/h3-4,7H,2,5,9H2,1H3,(H,10,13)(H,11,12)/t7-/m0/s1. The Morgan fingerprint density at radius 3 is 3.15 bits per heavy atom. The molecule has 1 atom stereocenters. The number of aromatic nitrogens is 2. The van der Waals surface area contributed by atoms with Crippen LogP contribution in [-0.4, -0.2) is 22.1 Å². The van der Waals surface area contributed by atoms with Crippen LogP contribution in [0.2, 0.25) is 0 Å². The molecule has 5 nitrogen and oxygen atoms in total. The van der Waals surface area contributed by atoms with Crippen LogP contribution in [0.5, 0.6) is 0 Å². The molecule has 0 aliphatic carbocycles. The van der Waals surface area contributed by atoms with Gasteiger partial charge in [0.1, 0.15) is 0 Å². The van der Waals surface area contributed by atoms with Crippen molar-refractivity contribution in [2.24, 2.45) is 5.73 Å². The summed E-state index contributed by atoms with van der Waals surface area (Å²) in [4.78, 5) is 11.2. The van der Waals surface area contributed by atoms with Crippen molar-refractivity contribution >= 4 is 5.91 Å². The molecule has 4 N–H and O–H groups in total. The number of aromatic amines is 1. The lowest BCUT2D eigenvalue weighted by atomic mass is 10.2. The van der Waals surface area contributed by atoms with Crippen molar-refractivity contribution in [1.29, 1.82) is 0 Å². The van der Waals surface area contributed by atoms with E-state index in [1.54, 1.807) is 12.3 Å². The number of carbonyl (C=O) groups is 1. The molecule has 0 unspecified atom stereocenters. The topological polar surface area (TPSA) is 83.8 Å². The second-order valence-electron chi connectivity index (χ2n) is 2.81. The van der Waals surface area contributed by atoms with Gasteiger partial charge in [-0.2, -0.15) is 5.10 Å². The van der Waals surface area contributed by atoms with Crippen molar-refractivity contribution in [3.63, 3.8) is 0 Å². The number of H-pyrrole nitrogens is 1. The van der Waals surface area contributed by atoms with Crippen LogP contribution >= 0.6 is 0 Å². The van der Waals surface area contributed by atoms with Gasteiger partial charge in [-0.15, -0.1) is 0 Å². The number of nitrogens with zero attached hydrogens (tertiary/aromatic N) is 1. The van der Waals surface area contributed by atoms with Gasteiger partial charge >= 0.3 is 0 Å². The molecule has 0 aliphatic rings. The molecule has 0 aliphatic heterocycles. The van der Waals surface area contributed by atoms with Crippen molar-refractivity contribution in [3.8, 4) is 0 Å². The number of carbonyl (C=O) groups excluding carboxylic acids is 1. The monoisotopic (exact) mass is 182 g/mol. The lowest BCUT2D eigenvalue weighted by molar-refractivity contribution is -0.122. The molecule has 0 saturated heterocycles. The molecule has 13 heavy (non-hydrogen) atoms. The van der Waals surface area contributed by atoms with E-state index in [4.69, 9.17) is 5.73 Å². The van der Waals surface area contributed by atoms with E-state index < -0.39 is 6.04 Å². The van der Waals surface area contributed by atoms with E-state index in [9.17, 15) is 4.79 Å². The number of hydrogen-bond donors (Lipinski definition) is 3. The fourth-order valence-electron chi connectivity index (χ4n) is 0.882. The Labute approximate surface area is 76.7 Å². The number of nitrogens with one attached hydrogen (secondary N) is 2. The van der Waals surface area contributed by atoms with Gasteiger partial charge in [-0.05, 0) is 12.5 Å². The van der Waals surface area contributed by atoms with Gasteiger partial charge in [-0.25, -0.2) is 0 Å². The summed E-state index contributed by atoms with van der Waals surface area (Å²) in [5.74, 6) is -0.128. The molecule has 1 aromatic rings. The fourth-order valence-corrected chi connectivity index (χ4v) is 0.882. The van der Waals surface area contributed by atoms with Crippen LogP contribution in [0, 0.1) is 0 Å². The summed E-state index contributed by atoms with van der Waals surface area (Å²) < 4.78 is 0. The third kappa shape index (κ3) is 2.87. The van der Waals surface area contributed by atoms with Gasteiger partial charge in [0, 0.05) is 6.20 Å². The molecule has 1 amide bonds. The molecule has 0 radical (unpaired) electrons. The average Bonchev–Trinajstić information content (AvgIpc) is 2.65. The van der Waals surface area contributed by atoms with Crippen LogP contribution in [0.1, 0.15) is 19.0 Å². The highest BCUT2D eigenvalue weighted by Crippen LogP contribution is 1.91. The lowest BCUT2D eigenvalue weighted by Gasteiger charge is -2.08. The molecule has 1 aromatic heterocycles. The summed E-state index contributed by atoms with van der Waals surface area (Å²) in [6.45, 7) is 2.33. The van der Waals surface area contributed by atoms with Crippen molar-refractivity contribution in [1.82, 2.24) is 15.5 Å². The molecular formula is C8H14N4O. The summed E-state index contributed by atoms with van der Waals surface area (Å²) in [7, 11) is 0. The normalized spacial score (nSPS) is 12.5. The van der Waals surface area contributed by atoms with Crippen molar-refractivity contribution in [2.75, 3.05) is 0 Å². The van der Waals surface area contributed by atoms with Crippen LogP contribution in [0.3, 0.4) is 0 Å². The zero-order valence-corrected chi connectivity index (χ0v) is 7.58. The highest BCUT2D eigenvalue weighted by atomic mass is 16.2. The Hall–Kier alpha value is -1.36. The summed E-state index contributed by atoms with van der Waals surface area (Å²) >= 11 is 0. The first-order valence-corrected chi connectivity index (χ1v) is 4.25. The summed E-state index contributed by atoms with van der Waals surface area (Å²) in [6, 6.07) is 1.39. The van der Waals surface area contributed by atoms with Gasteiger partial charge in [0.15, 0.2) is 0 Å². The van der Waals surface area contributed by atoms with E-state index in [2.05, 4.69) is 15.5 Å². The maximum Gasteiger partial charge on any atom is 0.237 e. The van der Waals surface area contributed by atoms with E-state index >= 15 is 0 Å². The van der Waals surface area contributed by atoms with E-state index in [1.807, 2.05) is 6.92 Å². The smallest absolute Gasteiger partial charge is 0.237 e. The number of amides is 1. The maximum absolute atomic E-state index is 11.2. The Morgan fingerprint density at radius 2 is 2.62 bits per heavy atom. The average molecular weight is 182 g/mol. The first-order chi connectivity index (χ1) is 6.24. The van der Waals surface area contributed by atoms with Crippen molar-refractivity contribution in [3.05, 3.63) is 18.0 Å². The van der Waals surface area contributed by atoms with Crippen molar-refractivity contribution < 1.29 is 4.79 Å². The Morgan fingerprint density at radius 1 is 1.85 bits per heavy atom. The van der Waals surface area contributed by atoms with Gasteiger partial charge in [-0.3, -0.25) is 9.89 Å². The number of nitrogens with two attached hydrogens (primary N) is 1. The van der Waals surface area contributed by atoms with E-state index in [0.29, 0.717) is 13.0 Å². The van der Waals surface area contributed by atoms with Gasteiger partial charge in [0.2, 0.25) is 5.91 Å². The molecule has 1 heterocycles. The fraction of sp³-hybridized carbons (Fsp3) is 0.500. The highest BCUT2D eigenvalue weighted by molar-refractivity contribution is 5.81. The molecule has 0 bridgehead atoms. The molecule has 72 valence electrons. The number of hydrogen-bond acceptors (Lipinski definition) is 3. The van der Waals surface area contributed by atoms with Crippen LogP contribution in [0.4, 0.5) is 0 Å². The quantitative estimate of drug-likeness (QED) is 0.601. The van der Waals surface area contributed by atoms with Gasteiger partial charge in [0.05, 0.1) is 18.3 Å². The molecule has 5 heteroatoms.